The SMILES string of the molecule is CN1[C@@H]2CCC[C@H]1C[C@@H](NC(=O)c1nn(C)c3ccccc13)C2.NCCCCC(N)C(=O)O. The number of amides is 1. The molecule has 1 amide bonds. The van der Waals surface area contributed by atoms with Crippen LogP contribution in [0.2, 0.25) is 0 Å². The third kappa shape index (κ3) is 6.31. The van der Waals surface area contributed by atoms with Gasteiger partial charge in [-0.3, -0.25) is 14.3 Å². The maximum atomic E-state index is 12.7. The minimum atomic E-state index is -0.933. The number of nitrogens with two attached hydrogens (primary N) is 2. The number of carboxylic acids is 1. The largest absolute Gasteiger partial charge is 0.480 e. The van der Waals surface area contributed by atoms with Crippen LogP contribution in [0, 0.1) is 0 Å². The third-order valence-electron chi connectivity index (χ3n) is 6.93. The van der Waals surface area contributed by atoms with Gasteiger partial charge in [-0.05, 0) is 58.2 Å². The molecule has 0 saturated carbocycles. The van der Waals surface area contributed by atoms with Gasteiger partial charge in [0.15, 0.2) is 5.69 Å². The number of carboxylic acid groups (broad SMARTS) is 1. The fourth-order valence-electron chi connectivity index (χ4n) is 5.00. The van der Waals surface area contributed by atoms with Gasteiger partial charge in [0.2, 0.25) is 0 Å². The predicted molar refractivity (Wildman–Crippen MR) is 129 cm³/mol. The van der Waals surface area contributed by atoms with Crippen molar-refractivity contribution in [3.8, 4) is 0 Å². The summed E-state index contributed by atoms with van der Waals surface area (Å²) in [5, 5.41) is 16.9. The maximum Gasteiger partial charge on any atom is 0.320 e. The molecule has 1 aromatic heterocycles. The average molecular weight is 459 g/mol. The van der Waals surface area contributed by atoms with Gasteiger partial charge in [0.25, 0.3) is 5.91 Å². The Morgan fingerprint density at radius 2 is 1.85 bits per heavy atom. The van der Waals surface area contributed by atoms with E-state index in [-0.39, 0.29) is 11.9 Å². The van der Waals surface area contributed by atoms with Crippen molar-refractivity contribution in [1.29, 1.82) is 0 Å². The molecule has 2 aromatic rings. The lowest BCUT2D eigenvalue weighted by molar-refractivity contribution is -0.138. The van der Waals surface area contributed by atoms with E-state index in [9.17, 15) is 9.59 Å². The van der Waals surface area contributed by atoms with E-state index in [1.165, 1.54) is 19.3 Å². The van der Waals surface area contributed by atoms with Crippen molar-refractivity contribution >= 4 is 22.8 Å². The molecule has 2 aliphatic rings. The Kier molecular flexibility index (Phi) is 8.82. The van der Waals surface area contributed by atoms with E-state index < -0.39 is 12.0 Å². The Morgan fingerprint density at radius 3 is 2.48 bits per heavy atom. The fourth-order valence-corrected chi connectivity index (χ4v) is 5.00. The molecule has 9 nitrogen and oxygen atoms in total. The van der Waals surface area contributed by atoms with E-state index in [1.807, 2.05) is 31.3 Å². The summed E-state index contributed by atoms with van der Waals surface area (Å²) in [5.74, 6) is -0.966. The summed E-state index contributed by atoms with van der Waals surface area (Å²) >= 11 is 0. The number of para-hydroxylation sites is 1. The van der Waals surface area contributed by atoms with Gasteiger partial charge in [-0.1, -0.05) is 31.0 Å². The van der Waals surface area contributed by atoms with Crippen LogP contribution in [0.3, 0.4) is 0 Å². The highest BCUT2D eigenvalue weighted by molar-refractivity contribution is 6.04. The van der Waals surface area contributed by atoms with Crippen LogP contribution in [-0.2, 0) is 11.8 Å². The van der Waals surface area contributed by atoms with Crippen molar-refractivity contribution in [1.82, 2.24) is 20.0 Å². The third-order valence-corrected chi connectivity index (χ3v) is 6.93. The molecule has 0 aliphatic carbocycles. The van der Waals surface area contributed by atoms with Crippen molar-refractivity contribution in [3.63, 3.8) is 0 Å². The van der Waals surface area contributed by atoms with E-state index in [2.05, 4.69) is 22.4 Å². The predicted octanol–water partition coefficient (Wildman–Crippen LogP) is 1.85. The number of benzene rings is 1. The molecule has 2 saturated heterocycles. The summed E-state index contributed by atoms with van der Waals surface area (Å²) in [7, 11) is 4.12. The van der Waals surface area contributed by atoms with E-state index >= 15 is 0 Å². The van der Waals surface area contributed by atoms with Crippen LogP contribution in [0.5, 0.6) is 0 Å². The van der Waals surface area contributed by atoms with Gasteiger partial charge in [-0.15, -0.1) is 0 Å². The van der Waals surface area contributed by atoms with Crippen LogP contribution in [0.25, 0.3) is 10.9 Å². The summed E-state index contributed by atoms with van der Waals surface area (Å²) in [6.07, 6.45) is 8.12. The molecule has 9 heteroatoms. The lowest BCUT2D eigenvalue weighted by atomic mass is 9.82. The Labute approximate surface area is 195 Å². The van der Waals surface area contributed by atoms with Crippen LogP contribution in [0.4, 0.5) is 0 Å². The second-order valence-corrected chi connectivity index (χ2v) is 9.26. The van der Waals surface area contributed by atoms with E-state index in [0.29, 0.717) is 30.7 Å². The molecule has 0 spiro atoms. The molecule has 3 heterocycles. The number of fused-ring (bicyclic) bond motifs is 3. The Morgan fingerprint density at radius 1 is 1.18 bits per heavy atom. The second-order valence-electron chi connectivity index (χ2n) is 9.26. The lowest BCUT2D eigenvalue weighted by Crippen LogP contribution is -2.55. The van der Waals surface area contributed by atoms with Crippen molar-refractivity contribution in [2.75, 3.05) is 13.6 Å². The first-order chi connectivity index (χ1) is 15.8. The highest BCUT2D eigenvalue weighted by atomic mass is 16.4. The van der Waals surface area contributed by atoms with Crippen molar-refractivity contribution < 1.29 is 14.7 Å². The quantitative estimate of drug-likeness (QED) is 0.464. The molecule has 1 unspecified atom stereocenters. The number of carbonyl (C=O) groups is 2. The van der Waals surface area contributed by atoms with E-state index in [0.717, 1.165) is 36.6 Å². The Balaban J connectivity index is 0.000000262. The van der Waals surface area contributed by atoms with Crippen LogP contribution in [0.15, 0.2) is 24.3 Å². The summed E-state index contributed by atoms with van der Waals surface area (Å²) in [5.41, 5.74) is 12.0. The first-order valence-electron chi connectivity index (χ1n) is 11.9. The number of aryl methyl sites for hydroxylation is 1. The second kappa shape index (κ2) is 11.6. The number of carbonyl (C=O) groups excluding carboxylic acids is 1. The standard InChI is InChI=1S/C18H24N4O.C6H14N2O2/c1-21-13-6-5-7-14(21)11-12(10-13)19-18(23)17-15-8-3-4-9-16(15)22(2)20-17;7-4-2-1-3-5(8)6(9)10/h3-4,8-9,12-14H,5-7,10-11H2,1-2H3,(H,19,23);5H,1-4,7-8H2,(H,9,10)/t12-,13+,14-;. The van der Waals surface area contributed by atoms with Gasteiger partial charge in [0, 0.05) is 30.6 Å². The van der Waals surface area contributed by atoms with Crippen LogP contribution in [0.1, 0.15) is 61.9 Å². The number of aromatic nitrogens is 2. The first-order valence-corrected chi connectivity index (χ1v) is 11.9. The number of hydrogen-bond donors (Lipinski definition) is 4. The summed E-state index contributed by atoms with van der Waals surface area (Å²) in [4.78, 5) is 25.4. The highest BCUT2D eigenvalue weighted by Gasteiger charge is 2.36. The molecule has 0 radical (unpaired) electrons. The Bertz CT molecular complexity index is 931. The Hall–Kier alpha value is -2.49. The number of unbranched alkanes of at least 4 members (excludes halogenated alkanes) is 1. The van der Waals surface area contributed by atoms with Crippen molar-refractivity contribution in [2.45, 2.75) is 75.5 Å². The number of aliphatic carboxylic acids is 1. The highest BCUT2D eigenvalue weighted by Crippen LogP contribution is 2.32. The average Bonchev–Trinajstić information content (AvgIpc) is 3.12. The number of rotatable bonds is 7. The topological polar surface area (TPSA) is 140 Å². The molecule has 2 aliphatic heterocycles. The van der Waals surface area contributed by atoms with Gasteiger partial charge in [0.05, 0.1) is 5.52 Å². The van der Waals surface area contributed by atoms with Crippen LogP contribution >= 0.6 is 0 Å². The van der Waals surface area contributed by atoms with Crippen LogP contribution < -0.4 is 16.8 Å². The molecule has 1 aromatic carbocycles. The molecule has 4 rings (SSSR count). The monoisotopic (exact) mass is 458 g/mol. The molecule has 33 heavy (non-hydrogen) atoms. The van der Waals surface area contributed by atoms with E-state index in [1.54, 1.807) is 4.68 Å². The van der Waals surface area contributed by atoms with E-state index in [4.69, 9.17) is 16.6 Å². The molecule has 4 atom stereocenters. The summed E-state index contributed by atoms with van der Waals surface area (Å²) in [6.45, 7) is 0.604. The summed E-state index contributed by atoms with van der Waals surface area (Å²) < 4.78 is 1.79. The molecule has 6 N–H and O–H groups in total. The smallest absolute Gasteiger partial charge is 0.320 e. The zero-order valence-electron chi connectivity index (χ0n) is 19.7. The van der Waals surface area contributed by atoms with Crippen molar-refractivity contribution in [3.05, 3.63) is 30.0 Å². The molecule has 182 valence electrons. The number of piperidine rings is 2. The van der Waals surface area contributed by atoms with Gasteiger partial charge in [0.1, 0.15) is 6.04 Å². The number of nitrogens with one attached hydrogen (secondary N) is 1. The van der Waals surface area contributed by atoms with Gasteiger partial charge in [-0.25, -0.2) is 0 Å². The number of nitrogens with zero attached hydrogens (tertiary/aromatic N) is 3. The molecular weight excluding hydrogens is 420 g/mol. The lowest BCUT2D eigenvalue weighted by Gasteiger charge is -2.47. The minimum Gasteiger partial charge on any atom is -0.480 e. The molecule has 2 fully saturated rings. The zero-order valence-corrected chi connectivity index (χ0v) is 19.7. The van der Waals surface area contributed by atoms with Crippen LogP contribution in [-0.4, -0.2) is 69.4 Å². The van der Waals surface area contributed by atoms with Gasteiger partial charge >= 0.3 is 5.97 Å². The number of hydrogen-bond acceptors (Lipinski definition) is 6. The maximum absolute atomic E-state index is 12.7. The first kappa shape index (κ1) is 25.1. The zero-order chi connectivity index (χ0) is 24.0. The van der Waals surface area contributed by atoms with Gasteiger partial charge < -0.3 is 26.8 Å². The van der Waals surface area contributed by atoms with Gasteiger partial charge in [-0.2, -0.15) is 5.10 Å². The normalized spacial score (nSPS) is 23.5. The summed E-state index contributed by atoms with van der Waals surface area (Å²) in [6, 6.07) is 8.70. The molecular formula is C24H38N6O3. The fraction of sp³-hybridized carbons (Fsp3) is 0.625. The molecule has 2 bridgehead atoms. The minimum absolute atomic E-state index is 0.0329. The van der Waals surface area contributed by atoms with Crippen molar-refractivity contribution in [2.24, 2.45) is 18.5 Å².